The second-order valence-electron chi connectivity index (χ2n) is 6.75. The zero-order valence-corrected chi connectivity index (χ0v) is 15.8. The lowest BCUT2D eigenvalue weighted by molar-refractivity contribution is -0.140. The summed E-state index contributed by atoms with van der Waals surface area (Å²) < 4.78 is 70.5. The molecule has 3 heterocycles. The molecule has 0 bridgehead atoms. The van der Waals surface area contributed by atoms with Gasteiger partial charge in [-0.15, -0.1) is 0 Å². The minimum Gasteiger partial charge on any atom is -0.325 e. The summed E-state index contributed by atoms with van der Waals surface area (Å²) in [6, 6.07) is 3.52. The normalized spacial score (nSPS) is 12.1. The highest BCUT2D eigenvalue weighted by Crippen LogP contribution is 2.30. The molecule has 30 heavy (non-hydrogen) atoms. The molecule has 0 aliphatic carbocycles. The number of hydrogen-bond donors (Lipinski definition) is 0. The molecule has 0 unspecified atom stereocenters. The quantitative estimate of drug-likeness (QED) is 0.431. The van der Waals surface area contributed by atoms with Gasteiger partial charge < -0.3 is 4.57 Å². The standard InChI is InChI=1S/C20H16F5N5/c1-2-4-12-15(27-11-30-10-16(20(23,24)25)28-18(12)30)9-29-8-7-26-19(29)17-13(21)5-3-6-14(17)22/h3,5-8,10-11H,2,4,9H2,1H3. The van der Waals surface area contributed by atoms with Crippen molar-refractivity contribution in [2.24, 2.45) is 0 Å². The third-order valence-corrected chi connectivity index (χ3v) is 4.70. The third-order valence-electron chi connectivity index (χ3n) is 4.70. The highest BCUT2D eigenvalue weighted by atomic mass is 19.4. The molecule has 3 aromatic heterocycles. The molecule has 1 aromatic carbocycles. The number of halogens is 5. The fourth-order valence-corrected chi connectivity index (χ4v) is 3.36. The summed E-state index contributed by atoms with van der Waals surface area (Å²) in [7, 11) is 0. The predicted molar refractivity (Wildman–Crippen MR) is 98.7 cm³/mol. The van der Waals surface area contributed by atoms with Crippen LogP contribution in [0.1, 0.15) is 30.3 Å². The maximum Gasteiger partial charge on any atom is 0.434 e. The van der Waals surface area contributed by atoms with E-state index < -0.39 is 23.5 Å². The van der Waals surface area contributed by atoms with Crippen molar-refractivity contribution in [2.75, 3.05) is 0 Å². The Labute approximate surface area is 167 Å². The molecule has 0 atom stereocenters. The van der Waals surface area contributed by atoms with Gasteiger partial charge in [-0.3, -0.25) is 4.40 Å². The molecule has 0 fully saturated rings. The topological polar surface area (TPSA) is 48.0 Å². The fourth-order valence-electron chi connectivity index (χ4n) is 3.36. The van der Waals surface area contributed by atoms with Crippen LogP contribution in [-0.4, -0.2) is 23.9 Å². The van der Waals surface area contributed by atoms with Gasteiger partial charge in [0.1, 0.15) is 29.4 Å². The summed E-state index contributed by atoms with van der Waals surface area (Å²) in [5.41, 5.74) is -0.118. The minimum atomic E-state index is -4.57. The Morgan fingerprint density at radius 1 is 1.07 bits per heavy atom. The van der Waals surface area contributed by atoms with Gasteiger partial charge in [-0.2, -0.15) is 13.2 Å². The van der Waals surface area contributed by atoms with Crippen LogP contribution in [0, 0.1) is 11.6 Å². The van der Waals surface area contributed by atoms with Crippen LogP contribution in [0.3, 0.4) is 0 Å². The van der Waals surface area contributed by atoms with E-state index in [-0.39, 0.29) is 23.6 Å². The van der Waals surface area contributed by atoms with Crippen LogP contribution in [0.25, 0.3) is 17.0 Å². The van der Waals surface area contributed by atoms with Gasteiger partial charge in [-0.1, -0.05) is 19.4 Å². The van der Waals surface area contributed by atoms with Gasteiger partial charge in [-0.25, -0.2) is 23.7 Å². The second-order valence-corrected chi connectivity index (χ2v) is 6.75. The first kappa shape index (κ1) is 20.0. The smallest absolute Gasteiger partial charge is 0.325 e. The Balaban J connectivity index is 1.80. The van der Waals surface area contributed by atoms with Crippen LogP contribution < -0.4 is 0 Å². The van der Waals surface area contributed by atoms with Crippen molar-refractivity contribution in [3.8, 4) is 11.4 Å². The molecule has 5 nitrogen and oxygen atoms in total. The molecule has 0 aliphatic heterocycles. The Morgan fingerprint density at radius 2 is 1.80 bits per heavy atom. The van der Waals surface area contributed by atoms with E-state index in [1.165, 1.54) is 33.8 Å². The van der Waals surface area contributed by atoms with Gasteiger partial charge in [0.05, 0.1) is 17.8 Å². The van der Waals surface area contributed by atoms with Crippen LogP contribution >= 0.6 is 0 Å². The Bertz CT molecular complexity index is 1190. The Morgan fingerprint density at radius 3 is 2.47 bits per heavy atom. The minimum absolute atomic E-state index is 0.0639. The van der Waals surface area contributed by atoms with Gasteiger partial charge in [0, 0.05) is 24.2 Å². The highest BCUT2D eigenvalue weighted by Gasteiger charge is 2.34. The summed E-state index contributed by atoms with van der Waals surface area (Å²) in [5.74, 6) is -1.46. The van der Waals surface area contributed by atoms with Crippen LogP contribution in [0.15, 0.2) is 43.1 Å². The molecular formula is C20H16F5N5. The van der Waals surface area contributed by atoms with Gasteiger partial charge in [0.25, 0.3) is 0 Å². The molecule has 0 radical (unpaired) electrons. The van der Waals surface area contributed by atoms with Crippen molar-refractivity contribution in [1.29, 1.82) is 0 Å². The number of hydrogen-bond acceptors (Lipinski definition) is 3. The van der Waals surface area contributed by atoms with Gasteiger partial charge in [0.15, 0.2) is 5.69 Å². The zero-order valence-electron chi connectivity index (χ0n) is 15.8. The van der Waals surface area contributed by atoms with Crippen molar-refractivity contribution >= 4 is 5.65 Å². The lowest BCUT2D eigenvalue weighted by Gasteiger charge is -2.13. The third kappa shape index (κ3) is 3.53. The molecular weight excluding hydrogens is 405 g/mol. The maximum atomic E-state index is 14.2. The van der Waals surface area contributed by atoms with Crippen molar-refractivity contribution in [3.63, 3.8) is 0 Å². The average Bonchev–Trinajstić information content (AvgIpc) is 3.31. The van der Waals surface area contributed by atoms with Crippen molar-refractivity contribution in [1.82, 2.24) is 23.9 Å². The average molecular weight is 421 g/mol. The number of benzene rings is 1. The summed E-state index contributed by atoms with van der Waals surface area (Å²) in [5, 5.41) is 0. The zero-order chi connectivity index (χ0) is 21.5. The first-order valence-electron chi connectivity index (χ1n) is 9.17. The van der Waals surface area contributed by atoms with Crippen LogP contribution in [0.4, 0.5) is 22.0 Å². The number of aromatic nitrogens is 5. The molecule has 0 aliphatic rings. The molecule has 0 saturated heterocycles. The van der Waals surface area contributed by atoms with E-state index >= 15 is 0 Å². The monoisotopic (exact) mass is 421 g/mol. The summed E-state index contributed by atoms with van der Waals surface area (Å²) in [4.78, 5) is 12.1. The first-order valence-corrected chi connectivity index (χ1v) is 9.17. The van der Waals surface area contributed by atoms with Crippen LogP contribution in [0.5, 0.6) is 0 Å². The lowest BCUT2D eigenvalue weighted by atomic mass is 10.1. The van der Waals surface area contributed by atoms with Crippen LogP contribution in [-0.2, 0) is 19.1 Å². The lowest BCUT2D eigenvalue weighted by Crippen LogP contribution is -2.09. The van der Waals surface area contributed by atoms with Gasteiger partial charge in [0.2, 0.25) is 0 Å². The number of imidazole rings is 2. The highest BCUT2D eigenvalue weighted by molar-refractivity contribution is 5.58. The maximum absolute atomic E-state index is 14.2. The van der Waals surface area contributed by atoms with E-state index in [1.54, 1.807) is 0 Å². The van der Waals surface area contributed by atoms with Crippen molar-refractivity contribution in [3.05, 3.63) is 71.7 Å². The van der Waals surface area contributed by atoms with Crippen molar-refractivity contribution in [2.45, 2.75) is 32.5 Å². The number of aryl methyl sites for hydroxylation is 1. The van der Waals surface area contributed by atoms with E-state index in [2.05, 4.69) is 15.0 Å². The Kier molecular flexibility index (Phi) is 5.00. The number of nitrogens with zero attached hydrogens (tertiary/aromatic N) is 5. The van der Waals surface area contributed by atoms with E-state index in [4.69, 9.17) is 0 Å². The van der Waals surface area contributed by atoms with E-state index in [9.17, 15) is 22.0 Å². The summed E-state index contributed by atoms with van der Waals surface area (Å²) in [6.07, 6.45) is 1.61. The van der Waals surface area contributed by atoms with E-state index in [0.29, 0.717) is 24.1 Å². The summed E-state index contributed by atoms with van der Waals surface area (Å²) in [6.45, 7) is 1.96. The number of rotatable bonds is 5. The number of alkyl halides is 3. The number of fused-ring (bicyclic) bond motifs is 1. The fraction of sp³-hybridized carbons (Fsp3) is 0.250. The second kappa shape index (κ2) is 7.51. The molecule has 10 heteroatoms. The van der Waals surface area contributed by atoms with Gasteiger partial charge >= 0.3 is 6.18 Å². The van der Waals surface area contributed by atoms with Crippen LogP contribution in [0.2, 0.25) is 0 Å². The Hall–Kier alpha value is -3.30. The SMILES string of the molecule is CCCc1c(Cn2ccnc2-c2c(F)cccc2F)ncn2cc(C(F)(F)F)nc12. The van der Waals surface area contributed by atoms with Gasteiger partial charge in [-0.05, 0) is 18.6 Å². The molecule has 156 valence electrons. The molecule has 4 rings (SSSR count). The van der Waals surface area contributed by atoms with E-state index in [0.717, 1.165) is 18.3 Å². The molecule has 0 amide bonds. The van der Waals surface area contributed by atoms with E-state index in [1.807, 2.05) is 6.92 Å². The summed E-state index contributed by atoms with van der Waals surface area (Å²) >= 11 is 0. The predicted octanol–water partition coefficient (Wildman–Crippen LogP) is 4.89. The molecule has 4 aromatic rings. The first-order chi connectivity index (χ1) is 14.3. The molecule has 0 saturated carbocycles. The molecule has 0 N–H and O–H groups in total. The molecule has 0 spiro atoms. The van der Waals surface area contributed by atoms with Crippen molar-refractivity contribution < 1.29 is 22.0 Å². The largest absolute Gasteiger partial charge is 0.434 e.